The van der Waals surface area contributed by atoms with Gasteiger partial charge in [-0.3, -0.25) is 0 Å². The van der Waals surface area contributed by atoms with Crippen molar-refractivity contribution in [2.24, 2.45) is 0 Å². The molecule has 0 radical (unpaired) electrons. The normalized spacial score (nSPS) is 11.5. The number of benzene rings is 1. The molecule has 3 heteroatoms. The molecule has 0 amide bonds. The number of hydrogen-bond donors (Lipinski definition) is 0. The molecule has 1 aromatic carbocycles. The first-order valence-corrected chi connectivity index (χ1v) is 4.15. The fourth-order valence-electron chi connectivity index (χ4n) is 0.958. The van der Waals surface area contributed by atoms with Gasteiger partial charge in [0.15, 0.2) is 0 Å². The Labute approximate surface area is 82.2 Å². The molecule has 0 fully saturated rings. The summed E-state index contributed by atoms with van der Waals surface area (Å²) in [6, 6.07) is 5.74. The standard InChI is InChI=1S/C11H10FNO/c1-3-8(2)14-11-5-9(7-13)4-10(12)6-11/h3-6,8H,1H2,2H3. The fourth-order valence-corrected chi connectivity index (χ4v) is 0.958. The molecule has 0 spiro atoms. The van der Waals surface area contributed by atoms with E-state index >= 15 is 0 Å². The average molecular weight is 191 g/mol. The maximum atomic E-state index is 12.9. The molecular weight excluding hydrogens is 181 g/mol. The van der Waals surface area contributed by atoms with Gasteiger partial charge < -0.3 is 4.74 Å². The van der Waals surface area contributed by atoms with Crippen LogP contribution in [0, 0.1) is 17.1 Å². The summed E-state index contributed by atoms with van der Waals surface area (Å²) in [5.41, 5.74) is 0.247. The summed E-state index contributed by atoms with van der Waals surface area (Å²) in [6.45, 7) is 5.32. The van der Waals surface area contributed by atoms with Crippen LogP contribution in [0.25, 0.3) is 0 Å². The van der Waals surface area contributed by atoms with Gasteiger partial charge in [0.1, 0.15) is 17.7 Å². The van der Waals surface area contributed by atoms with Gasteiger partial charge in [-0.05, 0) is 19.1 Å². The van der Waals surface area contributed by atoms with Crippen LogP contribution >= 0.6 is 0 Å². The molecular formula is C11H10FNO. The molecule has 0 aromatic heterocycles. The highest BCUT2D eigenvalue weighted by molar-refractivity contribution is 5.37. The fraction of sp³-hybridized carbons (Fsp3) is 0.182. The summed E-state index contributed by atoms with van der Waals surface area (Å²) in [7, 11) is 0. The lowest BCUT2D eigenvalue weighted by Crippen LogP contribution is -2.07. The first-order valence-electron chi connectivity index (χ1n) is 4.15. The molecule has 0 heterocycles. The molecule has 2 nitrogen and oxygen atoms in total. The van der Waals surface area contributed by atoms with Gasteiger partial charge in [0.25, 0.3) is 0 Å². The minimum atomic E-state index is -0.477. The van der Waals surface area contributed by atoms with Crippen molar-refractivity contribution in [1.29, 1.82) is 5.26 Å². The Balaban J connectivity index is 2.93. The number of rotatable bonds is 3. The molecule has 0 saturated heterocycles. The Kier molecular flexibility index (Phi) is 3.24. The highest BCUT2D eigenvalue weighted by Gasteiger charge is 2.03. The van der Waals surface area contributed by atoms with E-state index in [1.807, 2.05) is 6.07 Å². The van der Waals surface area contributed by atoms with Crippen molar-refractivity contribution < 1.29 is 9.13 Å². The maximum Gasteiger partial charge on any atom is 0.128 e. The third-order valence-corrected chi connectivity index (χ3v) is 1.65. The van der Waals surface area contributed by atoms with Crippen LogP contribution in [0.1, 0.15) is 12.5 Å². The molecule has 0 saturated carbocycles. The first-order chi connectivity index (χ1) is 6.65. The topological polar surface area (TPSA) is 33.0 Å². The minimum absolute atomic E-state index is 0.205. The zero-order chi connectivity index (χ0) is 10.6. The van der Waals surface area contributed by atoms with E-state index in [2.05, 4.69) is 6.58 Å². The van der Waals surface area contributed by atoms with Gasteiger partial charge in [-0.25, -0.2) is 4.39 Å². The molecule has 1 aromatic rings. The van der Waals surface area contributed by atoms with Gasteiger partial charge in [-0.1, -0.05) is 12.7 Å². The minimum Gasteiger partial charge on any atom is -0.487 e. The van der Waals surface area contributed by atoms with E-state index in [4.69, 9.17) is 10.00 Å². The lowest BCUT2D eigenvalue weighted by molar-refractivity contribution is 0.269. The third-order valence-electron chi connectivity index (χ3n) is 1.65. The summed E-state index contributed by atoms with van der Waals surface area (Å²) < 4.78 is 18.2. The van der Waals surface area contributed by atoms with Crippen molar-refractivity contribution in [3.05, 3.63) is 42.2 Å². The molecule has 0 aliphatic heterocycles. The van der Waals surface area contributed by atoms with Gasteiger partial charge in [-0.15, -0.1) is 0 Å². The van der Waals surface area contributed by atoms with Crippen LogP contribution in [-0.2, 0) is 0 Å². The van der Waals surface area contributed by atoms with E-state index in [1.165, 1.54) is 12.1 Å². The Morgan fingerprint density at radius 1 is 1.57 bits per heavy atom. The Hall–Kier alpha value is -1.82. The van der Waals surface area contributed by atoms with E-state index in [9.17, 15) is 4.39 Å². The van der Waals surface area contributed by atoms with Crippen LogP contribution in [0.5, 0.6) is 5.75 Å². The zero-order valence-electron chi connectivity index (χ0n) is 7.83. The first kappa shape index (κ1) is 10.3. The van der Waals surface area contributed by atoms with Crippen molar-refractivity contribution in [2.75, 3.05) is 0 Å². The summed E-state index contributed by atoms with van der Waals surface area (Å²) >= 11 is 0. The average Bonchev–Trinajstić information content (AvgIpc) is 2.16. The Bertz CT molecular complexity index is 381. The molecule has 1 atom stereocenters. The number of halogens is 1. The van der Waals surface area contributed by atoms with Gasteiger partial charge in [0.2, 0.25) is 0 Å². The van der Waals surface area contributed by atoms with E-state index in [1.54, 1.807) is 13.0 Å². The SMILES string of the molecule is C=CC(C)Oc1cc(F)cc(C#N)c1. The van der Waals surface area contributed by atoms with Crippen molar-refractivity contribution in [3.8, 4) is 11.8 Å². The van der Waals surface area contributed by atoms with E-state index < -0.39 is 5.82 Å². The third kappa shape index (κ3) is 2.60. The second kappa shape index (κ2) is 4.43. The molecule has 0 bridgehead atoms. The van der Waals surface area contributed by atoms with Crippen molar-refractivity contribution in [2.45, 2.75) is 13.0 Å². The van der Waals surface area contributed by atoms with Gasteiger partial charge in [0.05, 0.1) is 11.6 Å². The number of hydrogen-bond acceptors (Lipinski definition) is 2. The molecule has 1 rings (SSSR count). The van der Waals surface area contributed by atoms with Crippen LogP contribution in [0.15, 0.2) is 30.9 Å². The van der Waals surface area contributed by atoms with Crippen LogP contribution in [0.2, 0.25) is 0 Å². The van der Waals surface area contributed by atoms with Gasteiger partial charge in [0, 0.05) is 6.07 Å². The summed E-state index contributed by atoms with van der Waals surface area (Å²) in [4.78, 5) is 0. The summed E-state index contributed by atoms with van der Waals surface area (Å²) in [5, 5.41) is 8.59. The molecule has 14 heavy (non-hydrogen) atoms. The van der Waals surface area contributed by atoms with E-state index in [0.29, 0.717) is 5.75 Å². The van der Waals surface area contributed by atoms with Crippen molar-refractivity contribution in [1.82, 2.24) is 0 Å². The molecule has 0 N–H and O–H groups in total. The van der Waals surface area contributed by atoms with Crippen molar-refractivity contribution >= 4 is 0 Å². The van der Waals surface area contributed by atoms with Crippen LogP contribution in [0.4, 0.5) is 4.39 Å². The quantitative estimate of drug-likeness (QED) is 0.688. The second-order valence-electron chi connectivity index (χ2n) is 2.85. The molecule has 0 aliphatic carbocycles. The smallest absolute Gasteiger partial charge is 0.128 e. The van der Waals surface area contributed by atoms with Gasteiger partial charge in [-0.2, -0.15) is 5.26 Å². The lowest BCUT2D eigenvalue weighted by Gasteiger charge is -2.10. The Morgan fingerprint density at radius 2 is 2.29 bits per heavy atom. The largest absolute Gasteiger partial charge is 0.487 e. The zero-order valence-corrected chi connectivity index (χ0v) is 7.83. The highest BCUT2D eigenvalue weighted by Crippen LogP contribution is 2.17. The number of nitriles is 1. The van der Waals surface area contributed by atoms with Crippen LogP contribution < -0.4 is 4.74 Å². The van der Waals surface area contributed by atoms with Crippen LogP contribution in [-0.4, -0.2) is 6.10 Å². The number of ether oxygens (including phenoxy) is 1. The second-order valence-corrected chi connectivity index (χ2v) is 2.85. The van der Waals surface area contributed by atoms with E-state index in [0.717, 1.165) is 6.07 Å². The predicted molar refractivity (Wildman–Crippen MR) is 51.4 cm³/mol. The number of nitrogens with zero attached hydrogens (tertiary/aromatic N) is 1. The van der Waals surface area contributed by atoms with Crippen LogP contribution in [0.3, 0.4) is 0 Å². The predicted octanol–water partition coefficient (Wildman–Crippen LogP) is 2.65. The lowest BCUT2D eigenvalue weighted by atomic mass is 10.2. The summed E-state index contributed by atoms with van der Waals surface area (Å²) in [6.07, 6.45) is 1.39. The van der Waals surface area contributed by atoms with Gasteiger partial charge >= 0.3 is 0 Å². The van der Waals surface area contributed by atoms with E-state index in [-0.39, 0.29) is 11.7 Å². The summed E-state index contributed by atoms with van der Waals surface area (Å²) in [5.74, 6) is -0.135. The van der Waals surface area contributed by atoms with Crippen molar-refractivity contribution in [3.63, 3.8) is 0 Å². The Morgan fingerprint density at radius 3 is 2.86 bits per heavy atom. The molecule has 72 valence electrons. The monoisotopic (exact) mass is 191 g/mol. The molecule has 1 unspecified atom stereocenters. The molecule has 0 aliphatic rings. The maximum absolute atomic E-state index is 12.9. The highest BCUT2D eigenvalue weighted by atomic mass is 19.1.